The lowest BCUT2D eigenvalue weighted by Gasteiger charge is -2.39. The molecule has 86 valence electrons. The van der Waals surface area contributed by atoms with Crippen LogP contribution in [0.15, 0.2) is 11.6 Å². The van der Waals surface area contributed by atoms with Gasteiger partial charge in [-0.25, -0.2) is 0 Å². The molecule has 0 radical (unpaired) electrons. The summed E-state index contributed by atoms with van der Waals surface area (Å²) in [7, 11) is 0. The highest BCUT2D eigenvalue weighted by Gasteiger charge is 2.49. The van der Waals surface area contributed by atoms with Crippen LogP contribution in [0.5, 0.6) is 0 Å². The van der Waals surface area contributed by atoms with Gasteiger partial charge in [-0.15, -0.1) is 0 Å². The van der Waals surface area contributed by atoms with Crippen LogP contribution in [0.4, 0.5) is 0 Å². The zero-order valence-corrected chi connectivity index (χ0v) is 10.2. The highest BCUT2D eigenvalue weighted by Crippen LogP contribution is 2.51. The lowest BCUT2D eigenvalue weighted by Crippen LogP contribution is -2.41. The fourth-order valence-corrected chi connectivity index (χ4v) is 3.32. The first-order valence-electron chi connectivity index (χ1n) is 6.48. The van der Waals surface area contributed by atoms with Gasteiger partial charge in [0.1, 0.15) is 0 Å². The average Bonchev–Trinajstić information content (AvgIpc) is 2.45. The van der Waals surface area contributed by atoms with Crippen LogP contribution < -0.4 is 0 Å². The van der Waals surface area contributed by atoms with Crippen LogP contribution in [-0.2, 0) is 0 Å². The van der Waals surface area contributed by atoms with Crippen molar-refractivity contribution < 1.29 is 5.11 Å². The Balaban J connectivity index is 2.23. The molecular weight excluding hydrogens is 184 g/mol. The smallest absolute Gasteiger partial charge is 0.0907 e. The van der Waals surface area contributed by atoms with E-state index in [1.807, 2.05) is 0 Å². The van der Waals surface area contributed by atoms with Crippen molar-refractivity contribution in [3.05, 3.63) is 11.6 Å². The highest BCUT2D eigenvalue weighted by atomic mass is 16.3. The molecule has 0 saturated heterocycles. The molecule has 2 aliphatic rings. The predicted molar refractivity (Wildman–Crippen MR) is 63.7 cm³/mol. The van der Waals surface area contributed by atoms with Crippen LogP contribution >= 0.6 is 0 Å². The third-order valence-electron chi connectivity index (χ3n) is 4.53. The first-order chi connectivity index (χ1) is 7.06. The fourth-order valence-electron chi connectivity index (χ4n) is 3.32. The second kappa shape index (κ2) is 3.93. The molecular formula is C14H24O. The van der Waals surface area contributed by atoms with Crippen molar-refractivity contribution in [2.45, 2.75) is 70.8 Å². The first kappa shape index (κ1) is 11.2. The molecule has 1 nitrogen and oxygen atoms in total. The van der Waals surface area contributed by atoms with Crippen LogP contribution in [0.25, 0.3) is 0 Å². The topological polar surface area (TPSA) is 20.2 Å². The maximum Gasteiger partial charge on any atom is 0.0907 e. The monoisotopic (exact) mass is 208 g/mol. The SMILES string of the molecule is CC1(C)CCCC1(O)C1=CCCCCC1. The van der Waals surface area contributed by atoms with Crippen LogP contribution in [-0.4, -0.2) is 10.7 Å². The predicted octanol–water partition coefficient (Wildman–Crippen LogP) is 3.82. The summed E-state index contributed by atoms with van der Waals surface area (Å²) < 4.78 is 0. The van der Waals surface area contributed by atoms with Crippen molar-refractivity contribution in [1.29, 1.82) is 0 Å². The largest absolute Gasteiger partial charge is 0.385 e. The normalized spacial score (nSPS) is 36.1. The van der Waals surface area contributed by atoms with Gasteiger partial charge in [-0.2, -0.15) is 0 Å². The molecule has 2 aliphatic carbocycles. The van der Waals surface area contributed by atoms with Gasteiger partial charge in [0.05, 0.1) is 5.60 Å². The Morgan fingerprint density at radius 2 is 1.87 bits per heavy atom. The maximum atomic E-state index is 10.9. The number of hydrogen-bond acceptors (Lipinski definition) is 1. The molecule has 1 unspecified atom stereocenters. The van der Waals surface area contributed by atoms with Crippen LogP contribution in [0.2, 0.25) is 0 Å². The van der Waals surface area contributed by atoms with E-state index in [2.05, 4.69) is 19.9 Å². The fraction of sp³-hybridized carbons (Fsp3) is 0.857. The van der Waals surface area contributed by atoms with Crippen molar-refractivity contribution in [2.24, 2.45) is 5.41 Å². The van der Waals surface area contributed by atoms with Crippen molar-refractivity contribution in [3.63, 3.8) is 0 Å². The summed E-state index contributed by atoms with van der Waals surface area (Å²) in [6.45, 7) is 4.46. The number of allylic oxidation sites excluding steroid dienone is 1. The lowest BCUT2D eigenvalue weighted by atomic mass is 9.72. The van der Waals surface area contributed by atoms with E-state index >= 15 is 0 Å². The Labute approximate surface area is 93.6 Å². The van der Waals surface area contributed by atoms with Crippen LogP contribution in [0, 0.1) is 5.41 Å². The maximum absolute atomic E-state index is 10.9. The van der Waals surface area contributed by atoms with E-state index in [1.54, 1.807) is 0 Å². The van der Waals surface area contributed by atoms with E-state index in [9.17, 15) is 5.11 Å². The minimum absolute atomic E-state index is 0.0865. The van der Waals surface area contributed by atoms with Crippen LogP contribution in [0.3, 0.4) is 0 Å². The standard InChI is InChI=1S/C14H24O/c1-13(2)10-7-11-14(13,15)12-8-5-3-4-6-9-12/h8,15H,3-7,9-11H2,1-2H3. The van der Waals surface area contributed by atoms with E-state index in [1.165, 1.54) is 44.1 Å². The van der Waals surface area contributed by atoms with Gasteiger partial charge in [0, 0.05) is 0 Å². The Morgan fingerprint density at radius 3 is 2.53 bits per heavy atom. The number of hydrogen-bond donors (Lipinski definition) is 1. The molecule has 1 saturated carbocycles. The second-order valence-corrected chi connectivity index (χ2v) is 5.93. The van der Waals surface area contributed by atoms with Crippen molar-refractivity contribution in [3.8, 4) is 0 Å². The van der Waals surface area contributed by atoms with Gasteiger partial charge in [0.25, 0.3) is 0 Å². The van der Waals surface area contributed by atoms with E-state index in [-0.39, 0.29) is 5.41 Å². The first-order valence-corrected chi connectivity index (χ1v) is 6.48. The third kappa shape index (κ3) is 1.87. The molecule has 0 heterocycles. The summed E-state index contributed by atoms with van der Waals surface area (Å²) in [5.41, 5.74) is 0.947. The number of aliphatic hydroxyl groups is 1. The molecule has 1 heteroatoms. The summed E-state index contributed by atoms with van der Waals surface area (Å²) in [5.74, 6) is 0. The molecule has 0 aliphatic heterocycles. The Hall–Kier alpha value is -0.300. The van der Waals surface area contributed by atoms with Crippen molar-refractivity contribution >= 4 is 0 Å². The van der Waals surface area contributed by atoms with E-state index in [0.29, 0.717) is 0 Å². The van der Waals surface area contributed by atoms with Gasteiger partial charge in [-0.3, -0.25) is 0 Å². The molecule has 15 heavy (non-hydrogen) atoms. The minimum Gasteiger partial charge on any atom is -0.385 e. The van der Waals surface area contributed by atoms with Gasteiger partial charge in [0.2, 0.25) is 0 Å². The Kier molecular flexibility index (Phi) is 2.94. The highest BCUT2D eigenvalue weighted by molar-refractivity contribution is 5.24. The summed E-state index contributed by atoms with van der Waals surface area (Å²) in [6.07, 6.45) is 11.9. The minimum atomic E-state index is -0.489. The molecule has 0 aromatic rings. The summed E-state index contributed by atoms with van der Waals surface area (Å²) >= 11 is 0. The molecule has 1 fully saturated rings. The zero-order valence-electron chi connectivity index (χ0n) is 10.2. The van der Waals surface area contributed by atoms with Crippen molar-refractivity contribution in [1.82, 2.24) is 0 Å². The Bertz CT molecular complexity index is 265. The summed E-state index contributed by atoms with van der Waals surface area (Å²) in [4.78, 5) is 0. The molecule has 0 aromatic heterocycles. The van der Waals surface area contributed by atoms with Gasteiger partial charge in [-0.05, 0) is 55.9 Å². The van der Waals surface area contributed by atoms with E-state index in [4.69, 9.17) is 0 Å². The van der Waals surface area contributed by atoms with Gasteiger partial charge in [0.15, 0.2) is 0 Å². The van der Waals surface area contributed by atoms with Crippen LogP contribution in [0.1, 0.15) is 65.2 Å². The number of rotatable bonds is 1. The molecule has 0 bridgehead atoms. The molecule has 1 atom stereocenters. The van der Waals surface area contributed by atoms with Gasteiger partial charge in [-0.1, -0.05) is 26.3 Å². The molecule has 2 rings (SSSR count). The second-order valence-electron chi connectivity index (χ2n) is 5.93. The van der Waals surface area contributed by atoms with Crippen molar-refractivity contribution in [2.75, 3.05) is 0 Å². The van der Waals surface area contributed by atoms with E-state index in [0.717, 1.165) is 12.8 Å². The van der Waals surface area contributed by atoms with Gasteiger partial charge >= 0.3 is 0 Å². The quantitative estimate of drug-likeness (QED) is 0.649. The average molecular weight is 208 g/mol. The molecule has 0 aromatic carbocycles. The lowest BCUT2D eigenvalue weighted by molar-refractivity contribution is -0.0114. The summed E-state index contributed by atoms with van der Waals surface area (Å²) in [6, 6.07) is 0. The zero-order chi connectivity index (χ0) is 10.9. The molecule has 0 spiro atoms. The third-order valence-corrected chi connectivity index (χ3v) is 4.53. The molecule has 0 amide bonds. The van der Waals surface area contributed by atoms with E-state index < -0.39 is 5.60 Å². The van der Waals surface area contributed by atoms with Gasteiger partial charge < -0.3 is 5.11 Å². The summed E-state index contributed by atoms with van der Waals surface area (Å²) in [5, 5.41) is 10.9. The Morgan fingerprint density at radius 1 is 1.07 bits per heavy atom. The molecule has 1 N–H and O–H groups in total.